The summed E-state index contributed by atoms with van der Waals surface area (Å²) in [6.45, 7) is 2.28. The van der Waals surface area contributed by atoms with Gasteiger partial charge in [0.25, 0.3) is 0 Å². The molecule has 0 amide bonds. The van der Waals surface area contributed by atoms with E-state index in [1.807, 2.05) is 0 Å². The second-order valence-corrected chi connectivity index (χ2v) is 2.98. The molecule has 4 nitrogen and oxygen atoms in total. The van der Waals surface area contributed by atoms with Crippen molar-refractivity contribution in [2.75, 3.05) is 13.2 Å². The number of aliphatic hydroxyl groups is 1. The van der Waals surface area contributed by atoms with Gasteiger partial charge in [-0.2, -0.15) is 0 Å². The van der Waals surface area contributed by atoms with E-state index in [0.29, 0.717) is 6.61 Å². The van der Waals surface area contributed by atoms with Gasteiger partial charge < -0.3 is 15.2 Å². The first-order valence-corrected chi connectivity index (χ1v) is 4.51. The van der Waals surface area contributed by atoms with Gasteiger partial charge in [0.05, 0.1) is 13.2 Å². The van der Waals surface area contributed by atoms with Crippen molar-refractivity contribution in [3.8, 4) is 0 Å². The van der Waals surface area contributed by atoms with Crippen molar-refractivity contribution in [2.45, 2.75) is 25.8 Å². The molecule has 0 radical (unpaired) electrons. The lowest BCUT2D eigenvalue weighted by molar-refractivity contribution is -0.137. The first-order valence-electron chi connectivity index (χ1n) is 4.51. The van der Waals surface area contributed by atoms with Crippen molar-refractivity contribution in [1.82, 2.24) is 5.32 Å². The maximum atomic E-state index is 11.0. The fraction of sp³-hybridized carbons (Fsp3) is 0.667. The molecular formula is C9H15NO3. The maximum Gasteiger partial charge on any atom is 0.332 e. The van der Waals surface area contributed by atoms with Crippen molar-refractivity contribution in [1.29, 1.82) is 0 Å². The van der Waals surface area contributed by atoms with Gasteiger partial charge in [0.2, 0.25) is 0 Å². The van der Waals surface area contributed by atoms with Crippen molar-refractivity contribution in [3.05, 3.63) is 11.8 Å². The van der Waals surface area contributed by atoms with Gasteiger partial charge in [-0.25, -0.2) is 4.79 Å². The third kappa shape index (κ3) is 3.06. The van der Waals surface area contributed by atoms with E-state index in [1.54, 1.807) is 6.92 Å². The SMILES string of the molecule is CCOC(=O)/C=C1/CC[C@@H](CO)N1. The van der Waals surface area contributed by atoms with Gasteiger partial charge in [0.1, 0.15) is 0 Å². The van der Waals surface area contributed by atoms with Crippen LogP contribution in [0, 0.1) is 0 Å². The average Bonchev–Trinajstić information content (AvgIpc) is 2.52. The van der Waals surface area contributed by atoms with E-state index in [0.717, 1.165) is 18.5 Å². The summed E-state index contributed by atoms with van der Waals surface area (Å²) in [5, 5.41) is 11.9. The highest BCUT2D eigenvalue weighted by atomic mass is 16.5. The van der Waals surface area contributed by atoms with Crippen LogP contribution in [-0.4, -0.2) is 30.3 Å². The molecule has 1 aliphatic rings. The minimum Gasteiger partial charge on any atom is -0.463 e. The van der Waals surface area contributed by atoms with Gasteiger partial charge in [0.15, 0.2) is 0 Å². The number of esters is 1. The zero-order chi connectivity index (χ0) is 9.68. The van der Waals surface area contributed by atoms with Gasteiger partial charge in [-0.05, 0) is 19.8 Å². The van der Waals surface area contributed by atoms with E-state index in [1.165, 1.54) is 6.08 Å². The Balaban J connectivity index is 2.40. The number of allylic oxidation sites excluding steroid dienone is 1. The number of hydrogen-bond donors (Lipinski definition) is 2. The molecule has 1 saturated heterocycles. The highest BCUT2D eigenvalue weighted by Crippen LogP contribution is 2.14. The van der Waals surface area contributed by atoms with E-state index in [2.05, 4.69) is 5.32 Å². The average molecular weight is 185 g/mol. The predicted molar refractivity (Wildman–Crippen MR) is 48.0 cm³/mol. The van der Waals surface area contributed by atoms with Crippen molar-refractivity contribution in [2.24, 2.45) is 0 Å². The second kappa shape index (κ2) is 4.87. The van der Waals surface area contributed by atoms with E-state index >= 15 is 0 Å². The largest absolute Gasteiger partial charge is 0.463 e. The Morgan fingerprint density at radius 3 is 3.15 bits per heavy atom. The Morgan fingerprint density at radius 2 is 2.62 bits per heavy atom. The first-order chi connectivity index (χ1) is 6.26. The van der Waals surface area contributed by atoms with Crippen LogP contribution in [-0.2, 0) is 9.53 Å². The van der Waals surface area contributed by atoms with E-state index < -0.39 is 0 Å². The molecule has 2 N–H and O–H groups in total. The van der Waals surface area contributed by atoms with Gasteiger partial charge in [0, 0.05) is 17.8 Å². The Morgan fingerprint density at radius 1 is 1.85 bits per heavy atom. The van der Waals surface area contributed by atoms with Crippen molar-refractivity contribution in [3.63, 3.8) is 0 Å². The topological polar surface area (TPSA) is 58.6 Å². The highest BCUT2D eigenvalue weighted by molar-refractivity contribution is 5.82. The number of rotatable bonds is 3. The smallest absolute Gasteiger partial charge is 0.332 e. The summed E-state index contributed by atoms with van der Waals surface area (Å²) in [4.78, 5) is 11.0. The van der Waals surface area contributed by atoms with E-state index in [-0.39, 0.29) is 18.6 Å². The predicted octanol–water partition coefficient (Wildman–Crippen LogP) is 0.178. The molecule has 0 aromatic heterocycles. The van der Waals surface area contributed by atoms with Crippen LogP contribution in [0.25, 0.3) is 0 Å². The molecule has 1 fully saturated rings. The molecule has 1 rings (SSSR count). The Bertz CT molecular complexity index is 213. The maximum absolute atomic E-state index is 11.0. The first kappa shape index (κ1) is 10.1. The fourth-order valence-corrected chi connectivity index (χ4v) is 1.31. The summed E-state index contributed by atoms with van der Waals surface area (Å²) >= 11 is 0. The lowest BCUT2D eigenvalue weighted by Gasteiger charge is -2.05. The molecule has 0 aromatic rings. The summed E-state index contributed by atoms with van der Waals surface area (Å²) in [7, 11) is 0. The second-order valence-electron chi connectivity index (χ2n) is 2.98. The molecule has 0 spiro atoms. The van der Waals surface area contributed by atoms with Crippen LogP contribution in [0.15, 0.2) is 11.8 Å². The zero-order valence-electron chi connectivity index (χ0n) is 7.75. The summed E-state index contributed by atoms with van der Waals surface area (Å²) in [5.74, 6) is -0.316. The van der Waals surface area contributed by atoms with Crippen LogP contribution < -0.4 is 5.32 Å². The quantitative estimate of drug-likeness (QED) is 0.486. The molecule has 4 heteroatoms. The monoisotopic (exact) mass is 185 g/mol. The van der Waals surface area contributed by atoms with Crippen LogP contribution in [0.5, 0.6) is 0 Å². The number of carbonyl (C=O) groups excluding carboxylic acids is 1. The number of ether oxygens (including phenoxy) is 1. The van der Waals surface area contributed by atoms with Gasteiger partial charge in [-0.3, -0.25) is 0 Å². The van der Waals surface area contributed by atoms with Gasteiger partial charge in [-0.15, -0.1) is 0 Å². The minimum atomic E-state index is -0.316. The third-order valence-electron chi connectivity index (χ3n) is 1.95. The molecule has 13 heavy (non-hydrogen) atoms. The molecule has 0 unspecified atom stereocenters. The normalized spacial score (nSPS) is 24.5. The molecule has 1 aliphatic heterocycles. The lowest BCUT2D eigenvalue weighted by Crippen LogP contribution is -2.24. The molecule has 0 aliphatic carbocycles. The zero-order valence-corrected chi connectivity index (χ0v) is 7.75. The van der Waals surface area contributed by atoms with Crippen LogP contribution in [0.3, 0.4) is 0 Å². The number of aliphatic hydroxyl groups excluding tert-OH is 1. The van der Waals surface area contributed by atoms with Crippen molar-refractivity contribution >= 4 is 5.97 Å². The number of carbonyl (C=O) groups is 1. The molecule has 1 atom stereocenters. The summed E-state index contributed by atoms with van der Waals surface area (Å²) in [5.41, 5.74) is 0.859. The summed E-state index contributed by atoms with van der Waals surface area (Å²) in [6.07, 6.45) is 3.14. The lowest BCUT2D eigenvalue weighted by atomic mass is 10.2. The van der Waals surface area contributed by atoms with Gasteiger partial charge >= 0.3 is 5.97 Å². The molecule has 0 saturated carbocycles. The molecule has 1 heterocycles. The minimum absolute atomic E-state index is 0.0978. The Labute approximate surface area is 77.6 Å². The van der Waals surface area contributed by atoms with Crippen LogP contribution in [0.1, 0.15) is 19.8 Å². The van der Waals surface area contributed by atoms with Crippen LogP contribution in [0.2, 0.25) is 0 Å². The summed E-state index contributed by atoms with van der Waals surface area (Å²) < 4.78 is 4.75. The van der Waals surface area contributed by atoms with E-state index in [9.17, 15) is 4.79 Å². The fourth-order valence-electron chi connectivity index (χ4n) is 1.31. The Hall–Kier alpha value is -1.03. The standard InChI is InChI=1S/C9H15NO3/c1-2-13-9(12)5-7-3-4-8(6-11)10-7/h5,8,10-11H,2-4,6H2,1H3/b7-5-/t8-/m0/s1. The van der Waals surface area contributed by atoms with Crippen LogP contribution in [0.4, 0.5) is 0 Å². The molecular weight excluding hydrogens is 170 g/mol. The highest BCUT2D eigenvalue weighted by Gasteiger charge is 2.17. The molecule has 0 bridgehead atoms. The Kier molecular flexibility index (Phi) is 3.76. The van der Waals surface area contributed by atoms with E-state index in [4.69, 9.17) is 9.84 Å². The summed E-state index contributed by atoms with van der Waals surface area (Å²) in [6, 6.07) is 0.0978. The van der Waals surface area contributed by atoms with Crippen LogP contribution >= 0.6 is 0 Å². The molecule has 0 aromatic carbocycles. The van der Waals surface area contributed by atoms with Gasteiger partial charge in [-0.1, -0.05) is 0 Å². The van der Waals surface area contributed by atoms with Crippen molar-refractivity contribution < 1.29 is 14.6 Å². The third-order valence-corrected chi connectivity index (χ3v) is 1.95. The number of hydrogen-bond acceptors (Lipinski definition) is 4. The number of nitrogens with one attached hydrogen (secondary N) is 1. The molecule has 74 valence electrons.